The SMILES string of the molecule is COc1cccc(-n2nc(C(C)C)c3c(=O)[nH]cnc32)c1. The summed E-state index contributed by atoms with van der Waals surface area (Å²) < 4.78 is 6.92. The minimum atomic E-state index is -0.169. The van der Waals surface area contributed by atoms with Gasteiger partial charge in [0.05, 0.1) is 24.8 Å². The summed E-state index contributed by atoms with van der Waals surface area (Å²) in [5.74, 6) is 0.858. The van der Waals surface area contributed by atoms with Gasteiger partial charge in [-0.15, -0.1) is 0 Å². The molecule has 108 valence electrons. The lowest BCUT2D eigenvalue weighted by Gasteiger charge is -2.05. The maximum atomic E-state index is 12.1. The zero-order valence-corrected chi connectivity index (χ0v) is 12.1. The third-order valence-electron chi connectivity index (χ3n) is 3.34. The van der Waals surface area contributed by atoms with Crippen LogP contribution >= 0.6 is 0 Å². The molecule has 3 aromatic rings. The summed E-state index contributed by atoms with van der Waals surface area (Å²) in [4.78, 5) is 19.0. The largest absolute Gasteiger partial charge is 0.497 e. The molecule has 21 heavy (non-hydrogen) atoms. The van der Waals surface area contributed by atoms with Crippen LogP contribution in [0.1, 0.15) is 25.5 Å². The van der Waals surface area contributed by atoms with Crippen molar-refractivity contribution in [2.75, 3.05) is 7.11 Å². The first kappa shape index (κ1) is 13.4. The predicted molar refractivity (Wildman–Crippen MR) is 80.1 cm³/mol. The molecule has 0 bridgehead atoms. The van der Waals surface area contributed by atoms with Gasteiger partial charge in [0.15, 0.2) is 5.65 Å². The third kappa shape index (κ3) is 2.18. The highest BCUT2D eigenvalue weighted by atomic mass is 16.5. The normalized spacial score (nSPS) is 11.2. The summed E-state index contributed by atoms with van der Waals surface area (Å²) in [6.45, 7) is 4.01. The number of methoxy groups -OCH3 is 1. The van der Waals surface area contributed by atoms with E-state index in [-0.39, 0.29) is 11.5 Å². The maximum absolute atomic E-state index is 12.1. The number of H-pyrrole nitrogens is 1. The minimum absolute atomic E-state index is 0.129. The molecule has 0 amide bonds. The van der Waals surface area contributed by atoms with E-state index in [0.29, 0.717) is 11.0 Å². The Morgan fingerprint density at radius 2 is 2.14 bits per heavy atom. The molecule has 0 aliphatic rings. The number of fused-ring (bicyclic) bond motifs is 1. The molecule has 2 aromatic heterocycles. The molecule has 0 aliphatic carbocycles. The fraction of sp³-hybridized carbons (Fsp3) is 0.267. The fourth-order valence-corrected chi connectivity index (χ4v) is 2.31. The van der Waals surface area contributed by atoms with E-state index in [0.717, 1.165) is 17.1 Å². The Bertz CT molecular complexity index is 848. The molecule has 2 heterocycles. The molecule has 0 saturated carbocycles. The van der Waals surface area contributed by atoms with Crippen LogP contribution in [-0.4, -0.2) is 26.9 Å². The number of ether oxygens (including phenoxy) is 1. The minimum Gasteiger partial charge on any atom is -0.497 e. The second-order valence-electron chi connectivity index (χ2n) is 5.08. The van der Waals surface area contributed by atoms with Gasteiger partial charge in [-0.3, -0.25) is 4.79 Å². The number of nitrogens with one attached hydrogen (secondary N) is 1. The Labute approximate surface area is 121 Å². The van der Waals surface area contributed by atoms with Crippen molar-refractivity contribution < 1.29 is 4.74 Å². The van der Waals surface area contributed by atoms with Crippen LogP contribution in [0.5, 0.6) is 5.75 Å². The Balaban J connectivity index is 2.33. The molecule has 0 saturated heterocycles. The van der Waals surface area contributed by atoms with E-state index >= 15 is 0 Å². The quantitative estimate of drug-likeness (QED) is 0.800. The van der Waals surface area contributed by atoms with Crippen LogP contribution in [0.25, 0.3) is 16.7 Å². The van der Waals surface area contributed by atoms with Gasteiger partial charge in [-0.2, -0.15) is 5.10 Å². The van der Waals surface area contributed by atoms with Crippen molar-refractivity contribution in [3.8, 4) is 11.4 Å². The molecular weight excluding hydrogens is 268 g/mol. The summed E-state index contributed by atoms with van der Waals surface area (Å²) in [6, 6.07) is 7.50. The molecule has 0 fully saturated rings. The third-order valence-corrected chi connectivity index (χ3v) is 3.34. The van der Waals surface area contributed by atoms with Gasteiger partial charge in [0.1, 0.15) is 11.1 Å². The number of hydrogen-bond donors (Lipinski definition) is 1. The molecule has 6 nitrogen and oxygen atoms in total. The van der Waals surface area contributed by atoms with E-state index in [4.69, 9.17) is 4.74 Å². The van der Waals surface area contributed by atoms with Crippen LogP contribution in [-0.2, 0) is 0 Å². The fourth-order valence-electron chi connectivity index (χ4n) is 2.31. The molecule has 6 heteroatoms. The van der Waals surface area contributed by atoms with Crippen molar-refractivity contribution in [2.45, 2.75) is 19.8 Å². The first-order valence-electron chi connectivity index (χ1n) is 6.72. The van der Waals surface area contributed by atoms with Crippen molar-refractivity contribution in [2.24, 2.45) is 0 Å². The molecule has 3 rings (SSSR count). The maximum Gasteiger partial charge on any atom is 0.262 e. The zero-order chi connectivity index (χ0) is 15.0. The summed E-state index contributed by atoms with van der Waals surface area (Å²) in [7, 11) is 1.61. The smallest absolute Gasteiger partial charge is 0.262 e. The van der Waals surface area contributed by atoms with Crippen LogP contribution in [0.4, 0.5) is 0 Å². The number of hydrogen-bond acceptors (Lipinski definition) is 4. The molecule has 0 radical (unpaired) electrons. The molecular formula is C15H16N4O2. The molecule has 0 atom stereocenters. The van der Waals surface area contributed by atoms with Crippen molar-refractivity contribution in [1.82, 2.24) is 19.7 Å². The van der Waals surface area contributed by atoms with Crippen molar-refractivity contribution in [1.29, 1.82) is 0 Å². The van der Waals surface area contributed by atoms with E-state index in [1.54, 1.807) is 11.8 Å². The molecule has 0 unspecified atom stereocenters. The molecule has 0 spiro atoms. The van der Waals surface area contributed by atoms with Gasteiger partial charge >= 0.3 is 0 Å². The van der Waals surface area contributed by atoms with Crippen molar-refractivity contribution in [3.05, 3.63) is 46.6 Å². The number of aromatic amines is 1. The second-order valence-corrected chi connectivity index (χ2v) is 5.08. The van der Waals surface area contributed by atoms with Gasteiger partial charge in [0.2, 0.25) is 0 Å². The first-order chi connectivity index (χ1) is 10.1. The summed E-state index contributed by atoms with van der Waals surface area (Å²) in [5.41, 5.74) is 1.93. The van der Waals surface area contributed by atoms with Gasteiger partial charge in [-0.1, -0.05) is 19.9 Å². The average Bonchev–Trinajstić information content (AvgIpc) is 2.88. The van der Waals surface area contributed by atoms with Crippen LogP contribution < -0.4 is 10.3 Å². The Kier molecular flexibility index (Phi) is 3.21. The predicted octanol–water partition coefficient (Wildman–Crippen LogP) is 2.24. The van der Waals surface area contributed by atoms with Gasteiger partial charge in [-0.05, 0) is 18.1 Å². The highest BCUT2D eigenvalue weighted by Crippen LogP contribution is 2.24. The van der Waals surface area contributed by atoms with E-state index in [1.165, 1.54) is 6.33 Å². The highest BCUT2D eigenvalue weighted by Gasteiger charge is 2.18. The lowest BCUT2D eigenvalue weighted by molar-refractivity contribution is 0.414. The van der Waals surface area contributed by atoms with Crippen LogP contribution in [0.15, 0.2) is 35.4 Å². The number of aromatic nitrogens is 4. The standard InChI is InChI=1S/C15H16N4O2/c1-9(2)13-12-14(16-8-17-15(12)20)19(18-13)10-5-4-6-11(7-10)21-3/h4-9H,1-3H3,(H,16,17,20). The summed E-state index contributed by atoms with van der Waals surface area (Å²) >= 11 is 0. The van der Waals surface area contributed by atoms with Crippen molar-refractivity contribution >= 4 is 11.0 Å². The Morgan fingerprint density at radius 3 is 2.86 bits per heavy atom. The summed E-state index contributed by atoms with van der Waals surface area (Å²) in [5, 5.41) is 5.11. The van der Waals surface area contributed by atoms with Gasteiger partial charge in [-0.25, -0.2) is 9.67 Å². The molecule has 1 N–H and O–H groups in total. The lowest BCUT2D eigenvalue weighted by atomic mass is 10.1. The number of rotatable bonds is 3. The lowest BCUT2D eigenvalue weighted by Crippen LogP contribution is -2.08. The van der Waals surface area contributed by atoms with E-state index in [1.807, 2.05) is 38.1 Å². The number of benzene rings is 1. The van der Waals surface area contributed by atoms with Crippen LogP contribution in [0.2, 0.25) is 0 Å². The van der Waals surface area contributed by atoms with Gasteiger partial charge < -0.3 is 9.72 Å². The van der Waals surface area contributed by atoms with Gasteiger partial charge in [0.25, 0.3) is 5.56 Å². The van der Waals surface area contributed by atoms with Crippen LogP contribution in [0, 0.1) is 0 Å². The first-order valence-corrected chi connectivity index (χ1v) is 6.72. The topological polar surface area (TPSA) is 72.8 Å². The Hall–Kier alpha value is -2.63. The second kappa shape index (κ2) is 5.05. The molecule has 0 aliphatic heterocycles. The zero-order valence-electron chi connectivity index (χ0n) is 12.1. The van der Waals surface area contributed by atoms with E-state index in [9.17, 15) is 4.79 Å². The molecule has 1 aromatic carbocycles. The van der Waals surface area contributed by atoms with E-state index in [2.05, 4.69) is 15.1 Å². The monoisotopic (exact) mass is 284 g/mol. The van der Waals surface area contributed by atoms with E-state index < -0.39 is 0 Å². The van der Waals surface area contributed by atoms with Crippen molar-refractivity contribution in [3.63, 3.8) is 0 Å². The summed E-state index contributed by atoms with van der Waals surface area (Å²) in [6.07, 6.45) is 1.40. The van der Waals surface area contributed by atoms with Crippen LogP contribution in [0.3, 0.4) is 0 Å². The Morgan fingerprint density at radius 1 is 1.33 bits per heavy atom. The van der Waals surface area contributed by atoms with Gasteiger partial charge in [0, 0.05) is 6.07 Å². The number of nitrogens with zero attached hydrogens (tertiary/aromatic N) is 3. The highest BCUT2D eigenvalue weighted by molar-refractivity contribution is 5.79. The average molecular weight is 284 g/mol.